The van der Waals surface area contributed by atoms with Crippen molar-refractivity contribution >= 4 is 34.7 Å². The Morgan fingerprint density at radius 2 is 1.64 bits per heavy atom. The largest absolute Gasteiger partial charge is 0.480 e. The quantitative estimate of drug-likeness (QED) is 0.218. The molecular weight excluding hydrogens is 609 g/mol. The molecule has 2 aromatic heterocycles. The van der Waals surface area contributed by atoms with Gasteiger partial charge in [0.25, 0.3) is 5.91 Å². The topological polar surface area (TPSA) is 112 Å². The van der Waals surface area contributed by atoms with Crippen LogP contribution < -0.4 is 5.32 Å². The Morgan fingerprint density at radius 3 is 2.21 bits per heavy atom. The van der Waals surface area contributed by atoms with Gasteiger partial charge in [0.05, 0.1) is 11.4 Å². The normalized spacial score (nSPS) is 19.9. The van der Waals surface area contributed by atoms with E-state index in [4.69, 9.17) is 0 Å². The molecule has 0 radical (unpaired) electrons. The number of hydrogen-bond donors (Lipinski definition) is 2. The molecule has 5 rings (SSSR count). The first-order chi connectivity index (χ1) is 22.5. The van der Waals surface area contributed by atoms with E-state index in [2.05, 4.69) is 49.1 Å². The second-order valence-electron chi connectivity index (χ2n) is 14.2. The molecule has 0 spiro atoms. The van der Waals surface area contributed by atoms with Crippen molar-refractivity contribution < 1.29 is 19.5 Å². The van der Waals surface area contributed by atoms with E-state index >= 15 is 0 Å². The molecule has 9 heteroatoms. The summed E-state index contributed by atoms with van der Waals surface area (Å²) in [4.78, 5) is 49.3. The Hall–Kier alpha value is -3.85. The summed E-state index contributed by atoms with van der Waals surface area (Å²) in [5, 5.41) is 12.1. The zero-order valence-electron chi connectivity index (χ0n) is 28.1. The molecule has 2 aliphatic rings. The van der Waals surface area contributed by atoms with Crippen LogP contribution in [0.15, 0.2) is 54.9 Å². The third-order valence-corrected chi connectivity index (χ3v) is 11.4. The minimum atomic E-state index is -1.12. The highest BCUT2D eigenvalue weighted by Crippen LogP contribution is 2.41. The van der Waals surface area contributed by atoms with Crippen LogP contribution in [0.25, 0.3) is 17.0 Å². The third kappa shape index (κ3) is 9.15. The number of amides is 2. The SMILES string of the molecule is CC[C@H]1CC[C@H](C2CC=C(c3cnc(-c4ccc(CN(CC(=O)O)C(=O)CNC(=O)c5ccc(C(C)(C)C)s5)cc4)nc3)CC2)CC1. The van der Waals surface area contributed by atoms with Crippen LogP contribution in [0.1, 0.15) is 105 Å². The fourth-order valence-corrected chi connectivity index (χ4v) is 7.83. The van der Waals surface area contributed by atoms with Crippen LogP contribution in [0, 0.1) is 17.8 Å². The van der Waals surface area contributed by atoms with E-state index in [-0.39, 0.29) is 24.4 Å². The first kappa shape index (κ1) is 34.5. The summed E-state index contributed by atoms with van der Waals surface area (Å²) in [6.07, 6.45) is 16.6. The van der Waals surface area contributed by atoms with Gasteiger partial charge in [0.1, 0.15) is 6.54 Å². The van der Waals surface area contributed by atoms with Crippen molar-refractivity contribution in [2.24, 2.45) is 17.8 Å². The summed E-state index contributed by atoms with van der Waals surface area (Å²) >= 11 is 1.39. The van der Waals surface area contributed by atoms with E-state index in [0.717, 1.165) is 52.2 Å². The standard InChI is InChI=1S/C38H48N4O4S/c1-5-25-6-10-27(11-7-25)28-14-16-29(17-15-28)31-20-39-36(40-21-31)30-12-8-26(9-13-30)23-42(24-35(44)45)34(43)22-41-37(46)32-18-19-33(47-32)38(2,3)4/h8-9,12-13,16,18-21,25,27-28H,5-7,10-11,14-15,17,22-24H2,1-4H3,(H,41,46)(H,44,45)/t25-,27-,28?. The zero-order valence-corrected chi connectivity index (χ0v) is 28.9. The molecular formula is C38H48N4O4S. The first-order valence-corrected chi connectivity index (χ1v) is 17.8. The number of carboxylic acids is 1. The Bertz CT molecular complexity index is 1560. The van der Waals surface area contributed by atoms with Crippen molar-refractivity contribution in [2.45, 2.75) is 91.0 Å². The first-order valence-electron chi connectivity index (χ1n) is 17.0. The molecule has 47 heavy (non-hydrogen) atoms. The number of carboxylic acid groups (broad SMARTS) is 1. The number of aromatic nitrogens is 2. The van der Waals surface area contributed by atoms with Gasteiger partial charge in [-0.25, -0.2) is 9.97 Å². The lowest BCUT2D eigenvalue weighted by molar-refractivity contribution is -0.144. The van der Waals surface area contributed by atoms with Gasteiger partial charge in [-0.05, 0) is 78.5 Å². The zero-order chi connectivity index (χ0) is 33.6. The number of allylic oxidation sites excluding steroid dienone is 2. The van der Waals surface area contributed by atoms with Crippen LogP contribution in [0.4, 0.5) is 0 Å². The highest BCUT2D eigenvalue weighted by Gasteiger charge is 2.28. The summed E-state index contributed by atoms with van der Waals surface area (Å²) in [5.41, 5.74) is 3.96. The molecule has 2 aliphatic carbocycles. The molecule has 3 aromatic rings. The summed E-state index contributed by atoms with van der Waals surface area (Å²) in [5.74, 6) is 1.31. The van der Waals surface area contributed by atoms with E-state index < -0.39 is 18.4 Å². The fraction of sp³-hybridized carbons (Fsp3) is 0.500. The van der Waals surface area contributed by atoms with E-state index in [0.29, 0.717) is 10.7 Å². The maximum absolute atomic E-state index is 13.0. The predicted octanol–water partition coefficient (Wildman–Crippen LogP) is 7.75. The van der Waals surface area contributed by atoms with Gasteiger partial charge in [-0.1, -0.05) is 77.3 Å². The minimum Gasteiger partial charge on any atom is -0.480 e. The van der Waals surface area contributed by atoms with Gasteiger partial charge >= 0.3 is 5.97 Å². The van der Waals surface area contributed by atoms with Gasteiger partial charge in [-0.15, -0.1) is 11.3 Å². The van der Waals surface area contributed by atoms with Crippen LogP contribution in [-0.4, -0.2) is 50.8 Å². The molecule has 0 aliphatic heterocycles. The van der Waals surface area contributed by atoms with Crippen molar-refractivity contribution in [2.75, 3.05) is 13.1 Å². The number of rotatable bonds is 11. The molecule has 250 valence electrons. The maximum atomic E-state index is 13.0. The maximum Gasteiger partial charge on any atom is 0.323 e. The summed E-state index contributed by atoms with van der Waals surface area (Å²) in [6, 6.07) is 11.1. The second-order valence-corrected chi connectivity index (χ2v) is 15.3. The molecule has 2 amide bonds. The van der Waals surface area contributed by atoms with E-state index in [1.807, 2.05) is 42.7 Å². The number of thiophene rings is 1. The fourth-order valence-electron chi connectivity index (χ4n) is 6.85. The van der Waals surface area contributed by atoms with Crippen molar-refractivity contribution in [1.82, 2.24) is 20.2 Å². The number of carbonyl (C=O) groups is 3. The van der Waals surface area contributed by atoms with E-state index in [9.17, 15) is 19.5 Å². The lowest BCUT2D eigenvalue weighted by Gasteiger charge is -2.35. The Labute approximate surface area is 282 Å². The van der Waals surface area contributed by atoms with Crippen molar-refractivity contribution in [3.8, 4) is 11.4 Å². The highest BCUT2D eigenvalue weighted by molar-refractivity contribution is 7.14. The van der Waals surface area contributed by atoms with Gasteiger partial charge in [0, 0.05) is 34.9 Å². The molecule has 0 bridgehead atoms. The lowest BCUT2D eigenvalue weighted by atomic mass is 9.71. The van der Waals surface area contributed by atoms with E-state index in [1.54, 1.807) is 6.07 Å². The molecule has 1 fully saturated rings. The van der Waals surface area contributed by atoms with Gasteiger partial charge in [-0.2, -0.15) is 0 Å². The number of nitrogens with zero attached hydrogens (tertiary/aromatic N) is 3. The Kier molecular flexibility index (Phi) is 11.3. The third-order valence-electron chi connectivity index (χ3n) is 9.84. The van der Waals surface area contributed by atoms with Crippen LogP contribution >= 0.6 is 11.3 Å². The van der Waals surface area contributed by atoms with Gasteiger partial charge in [-0.3, -0.25) is 14.4 Å². The Morgan fingerprint density at radius 1 is 0.936 bits per heavy atom. The smallest absolute Gasteiger partial charge is 0.323 e. The second kappa shape index (κ2) is 15.4. The van der Waals surface area contributed by atoms with Gasteiger partial charge in [0.2, 0.25) is 5.91 Å². The average Bonchev–Trinajstić information content (AvgIpc) is 3.59. The molecule has 1 unspecified atom stereocenters. The van der Waals surface area contributed by atoms with E-state index in [1.165, 1.54) is 60.3 Å². The van der Waals surface area contributed by atoms with Crippen molar-refractivity contribution in [3.05, 3.63) is 75.7 Å². The van der Waals surface area contributed by atoms with Crippen LogP contribution in [0.3, 0.4) is 0 Å². The molecule has 1 aromatic carbocycles. The lowest BCUT2D eigenvalue weighted by Crippen LogP contribution is -2.42. The molecule has 2 heterocycles. The van der Waals surface area contributed by atoms with Crippen molar-refractivity contribution in [3.63, 3.8) is 0 Å². The van der Waals surface area contributed by atoms with Crippen molar-refractivity contribution in [1.29, 1.82) is 0 Å². The van der Waals surface area contributed by atoms with Crippen LogP contribution in [0.2, 0.25) is 0 Å². The molecule has 8 nitrogen and oxygen atoms in total. The van der Waals surface area contributed by atoms with Gasteiger partial charge < -0.3 is 15.3 Å². The minimum absolute atomic E-state index is 0.0771. The highest BCUT2D eigenvalue weighted by atomic mass is 32.1. The van der Waals surface area contributed by atoms with Gasteiger partial charge in [0.15, 0.2) is 5.82 Å². The monoisotopic (exact) mass is 656 g/mol. The number of carbonyl (C=O) groups excluding carboxylic acids is 2. The molecule has 0 saturated heterocycles. The van der Waals surface area contributed by atoms with Crippen LogP contribution in [-0.2, 0) is 21.5 Å². The predicted molar refractivity (Wildman–Crippen MR) is 187 cm³/mol. The number of benzene rings is 1. The average molecular weight is 657 g/mol. The summed E-state index contributed by atoms with van der Waals surface area (Å²) in [6.45, 7) is 7.90. The summed E-state index contributed by atoms with van der Waals surface area (Å²) < 4.78 is 0. The number of nitrogens with one attached hydrogen (secondary N) is 1. The van der Waals surface area contributed by atoms with Crippen LogP contribution in [0.5, 0.6) is 0 Å². The summed E-state index contributed by atoms with van der Waals surface area (Å²) in [7, 11) is 0. The number of aliphatic carboxylic acids is 1. The molecule has 1 saturated carbocycles. The molecule has 1 atom stereocenters. The Balaban J connectivity index is 1.15. The number of hydrogen-bond acceptors (Lipinski definition) is 6. The molecule has 2 N–H and O–H groups in total.